The predicted octanol–water partition coefficient (Wildman–Crippen LogP) is 2.96. The third-order valence-electron chi connectivity index (χ3n) is 7.04. The molecule has 2 aromatic rings. The van der Waals surface area contributed by atoms with E-state index in [2.05, 4.69) is 4.90 Å². The molecule has 1 unspecified atom stereocenters. The van der Waals surface area contributed by atoms with E-state index >= 15 is 0 Å². The first kappa shape index (κ1) is 24.8. The van der Waals surface area contributed by atoms with E-state index in [0.717, 1.165) is 25.9 Å². The van der Waals surface area contributed by atoms with Gasteiger partial charge < -0.3 is 38.6 Å². The van der Waals surface area contributed by atoms with Crippen molar-refractivity contribution in [2.24, 2.45) is 0 Å². The van der Waals surface area contributed by atoms with Crippen molar-refractivity contribution in [3.63, 3.8) is 0 Å². The molecule has 2 fully saturated rings. The number of ketones is 1. The Morgan fingerprint density at radius 3 is 2.46 bits per heavy atom. The Bertz CT molecular complexity index is 1250. The molecule has 3 aliphatic rings. The molecular weight excluding hydrogens is 480 g/mol. The van der Waals surface area contributed by atoms with Gasteiger partial charge in [-0.25, -0.2) is 0 Å². The van der Waals surface area contributed by atoms with Crippen LogP contribution in [0.4, 0.5) is 0 Å². The normalized spacial score (nSPS) is 20.5. The van der Waals surface area contributed by atoms with Crippen molar-refractivity contribution in [1.82, 2.24) is 9.80 Å². The van der Waals surface area contributed by atoms with Crippen molar-refractivity contribution in [1.29, 1.82) is 0 Å². The van der Waals surface area contributed by atoms with Crippen LogP contribution in [0.25, 0.3) is 5.76 Å². The average molecular weight is 511 g/mol. The molecule has 196 valence electrons. The number of methoxy groups -OCH3 is 3. The lowest BCUT2D eigenvalue weighted by molar-refractivity contribution is -0.140. The zero-order valence-corrected chi connectivity index (χ0v) is 21.1. The second kappa shape index (κ2) is 10.2. The molecule has 0 spiro atoms. The number of carbonyl (C=O) groups is 2. The maximum atomic E-state index is 13.5. The highest BCUT2D eigenvalue weighted by atomic mass is 16.7. The first-order chi connectivity index (χ1) is 18.0. The van der Waals surface area contributed by atoms with Gasteiger partial charge in [-0.3, -0.25) is 9.59 Å². The van der Waals surface area contributed by atoms with E-state index < -0.39 is 17.7 Å². The van der Waals surface area contributed by atoms with Crippen LogP contribution in [-0.4, -0.2) is 80.9 Å². The molecule has 3 heterocycles. The van der Waals surface area contributed by atoms with Crippen LogP contribution in [0.5, 0.6) is 28.7 Å². The minimum absolute atomic E-state index is 0.00272. The average Bonchev–Trinajstić information content (AvgIpc) is 3.67. The molecule has 3 aliphatic heterocycles. The summed E-state index contributed by atoms with van der Waals surface area (Å²) in [5.41, 5.74) is 0.765. The van der Waals surface area contributed by atoms with Crippen LogP contribution >= 0.6 is 0 Å². The minimum atomic E-state index is -0.938. The molecule has 10 heteroatoms. The van der Waals surface area contributed by atoms with Gasteiger partial charge in [0, 0.05) is 24.2 Å². The molecule has 1 amide bonds. The summed E-state index contributed by atoms with van der Waals surface area (Å²) in [7, 11) is 4.46. The summed E-state index contributed by atoms with van der Waals surface area (Å²) < 4.78 is 27.8. The van der Waals surface area contributed by atoms with Gasteiger partial charge in [0.2, 0.25) is 18.3 Å². The molecule has 5 rings (SSSR count). The van der Waals surface area contributed by atoms with Crippen molar-refractivity contribution in [2.75, 3.05) is 54.3 Å². The van der Waals surface area contributed by atoms with Gasteiger partial charge >= 0.3 is 0 Å². The molecule has 2 saturated heterocycles. The Labute approximate surface area is 214 Å². The quantitative estimate of drug-likeness (QED) is 0.326. The summed E-state index contributed by atoms with van der Waals surface area (Å²) in [6.45, 7) is 2.78. The summed E-state index contributed by atoms with van der Waals surface area (Å²) in [4.78, 5) is 30.6. The third kappa shape index (κ3) is 4.31. The van der Waals surface area contributed by atoms with Crippen molar-refractivity contribution >= 4 is 17.4 Å². The van der Waals surface area contributed by atoms with Gasteiger partial charge in [0.1, 0.15) is 11.5 Å². The Morgan fingerprint density at radius 1 is 1.00 bits per heavy atom. The summed E-state index contributed by atoms with van der Waals surface area (Å²) in [5.74, 6) is 0.109. The number of aliphatic hydroxyl groups excluding tert-OH is 1. The zero-order valence-electron chi connectivity index (χ0n) is 21.1. The Morgan fingerprint density at radius 2 is 1.76 bits per heavy atom. The number of rotatable bonds is 8. The fraction of sp³-hybridized carbons (Fsp3) is 0.407. The van der Waals surface area contributed by atoms with E-state index in [4.69, 9.17) is 23.7 Å². The van der Waals surface area contributed by atoms with E-state index in [1.165, 1.54) is 26.2 Å². The number of Topliss-reactive ketones (excluding diaryl/α,β-unsaturated/α-hetero) is 1. The summed E-state index contributed by atoms with van der Waals surface area (Å²) >= 11 is 0. The van der Waals surface area contributed by atoms with E-state index in [1.54, 1.807) is 30.3 Å². The monoisotopic (exact) mass is 510 g/mol. The van der Waals surface area contributed by atoms with Crippen molar-refractivity contribution in [2.45, 2.75) is 18.9 Å². The van der Waals surface area contributed by atoms with Crippen LogP contribution in [0, 0.1) is 0 Å². The number of benzene rings is 2. The van der Waals surface area contributed by atoms with Crippen LogP contribution in [-0.2, 0) is 9.59 Å². The van der Waals surface area contributed by atoms with Crippen LogP contribution in [0.15, 0.2) is 35.9 Å². The number of ether oxygens (including phenoxy) is 5. The smallest absolute Gasteiger partial charge is 0.295 e. The van der Waals surface area contributed by atoms with Gasteiger partial charge in [-0.15, -0.1) is 0 Å². The standard InChI is InChI=1S/C27H30N2O8/c1-33-17-8-6-7-16(13-17)22(30)20-21(29(27(32)23(20)31)12-11-28-9-4-5-10-28)18-14-19-25(37-15-36-19)26(35-3)24(18)34-2/h6-8,13-14,21,30H,4-5,9-12,15H2,1-3H3/b22-20+. The van der Waals surface area contributed by atoms with Crippen molar-refractivity contribution in [3.05, 3.63) is 47.0 Å². The molecule has 0 bridgehead atoms. The number of nitrogens with zero attached hydrogens (tertiary/aromatic N) is 2. The SMILES string of the molecule is COc1cccc(/C(O)=C2\C(=O)C(=O)N(CCN3CCCC3)C2c2cc3c(c(OC)c2OC)OCO3)c1. The van der Waals surface area contributed by atoms with Gasteiger partial charge in [0.05, 0.1) is 32.9 Å². The second-order valence-electron chi connectivity index (χ2n) is 9.04. The van der Waals surface area contributed by atoms with Gasteiger partial charge in [-0.1, -0.05) is 12.1 Å². The Kier molecular flexibility index (Phi) is 6.84. The number of likely N-dealkylation sites (tertiary alicyclic amines) is 2. The molecule has 37 heavy (non-hydrogen) atoms. The highest BCUT2D eigenvalue weighted by Crippen LogP contribution is 2.53. The van der Waals surface area contributed by atoms with Crippen molar-refractivity contribution < 1.29 is 38.4 Å². The summed E-state index contributed by atoms with van der Waals surface area (Å²) in [6.07, 6.45) is 2.20. The molecular formula is C27H30N2O8. The number of hydrogen-bond donors (Lipinski definition) is 1. The lowest BCUT2D eigenvalue weighted by Crippen LogP contribution is -2.37. The van der Waals surface area contributed by atoms with E-state index in [-0.39, 0.29) is 18.1 Å². The van der Waals surface area contributed by atoms with E-state index in [0.29, 0.717) is 53.0 Å². The number of amides is 1. The van der Waals surface area contributed by atoms with Gasteiger partial charge in [0.15, 0.2) is 11.5 Å². The van der Waals surface area contributed by atoms with Crippen LogP contribution in [0.3, 0.4) is 0 Å². The molecule has 0 saturated carbocycles. The lowest BCUT2D eigenvalue weighted by Gasteiger charge is -2.29. The maximum absolute atomic E-state index is 13.5. The number of fused-ring (bicyclic) bond motifs is 1. The van der Waals surface area contributed by atoms with Crippen LogP contribution < -0.4 is 23.7 Å². The molecule has 0 radical (unpaired) electrons. The fourth-order valence-corrected chi connectivity index (χ4v) is 5.23. The molecule has 1 N–H and O–H groups in total. The largest absolute Gasteiger partial charge is 0.507 e. The topological polar surface area (TPSA) is 107 Å². The van der Waals surface area contributed by atoms with E-state index in [1.807, 2.05) is 0 Å². The third-order valence-corrected chi connectivity index (χ3v) is 7.04. The second-order valence-corrected chi connectivity index (χ2v) is 9.04. The molecule has 0 aromatic heterocycles. The lowest BCUT2D eigenvalue weighted by atomic mass is 9.93. The highest BCUT2D eigenvalue weighted by Gasteiger charge is 2.48. The van der Waals surface area contributed by atoms with Gasteiger partial charge in [-0.05, 0) is 44.1 Å². The molecule has 1 atom stereocenters. The molecule has 0 aliphatic carbocycles. The van der Waals surface area contributed by atoms with Gasteiger partial charge in [-0.2, -0.15) is 0 Å². The predicted molar refractivity (Wildman–Crippen MR) is 133 cm³/mol. The Balaban J connectivity index is 1.68. The summed E-state index contributed by atoms with van der Waals surface area (Å²) in [6, 6.07) is 7.45. The number of hydrogen-bond acceptors (Lipinski definition) is 9. The Hall–Kier alpha value is -3.92. The number of aliphatic hydroxyl groups is 1. The first-order valence-corrected chi connectivity index (χ1v) is 12.2. The van der Waals surface area contributed by atoms with Crippen molar-refractivity contribution in [3.8, 4) is 28.7 Å². The van der Waals surface area contributed by atoms with Crippen LogP contribution in [0.2, 0.25) is 0 Å². The molecule has 2 aromatic carbocycles. The first-order valence-electron chi connectivity index (χ1n) is 12.2. The zero-order chi connectivity index (χ0) is 26.1. The summed E-state index contributed by atoms with van der Waals surface area (Å²) in [5, 5.41) is 11.4. The van der Waals surface area contributed by atoms with E-state index in [9.17, 15) is 14.7 Å². The minimum Gasteiger partial charge on any atom is -0.507 e. The van der Waals surface area contributed by atoms with Crippen LogP contribution in [0.1, 0.15) is 30.0 Å². The fourth-order valence-electron chi connectivity index (χ4n) is 5.23. The highest BCUT2D eigenvalue weighted by molar-refractivity contribution is 6.46. The number of carbonyl (C=O) groups excluding carboxylic acids is 2. The maximum Gasteiger partial charge on any atom is 0.295 e. The van der Waals surface area contributed by atoms with Gasteiger partial charge in [0.25, 0.3) is 11.7 Å². The molecule has 10 nitrogen and oxygen atoms in total.